The lowest BCUT2D eigenvalue weighted by Gasteiger charge is -2.35. The molecule has 2 aliphatic heterocycles. The summed E-state index contributed by atoms with van der Waals surface area (Å²) in [5.41, 5.74) is 23.8. The Bertz CT molecular complexity index is 3980. The molecular formula is C63H47BN2O. The van der Waals surface area contributed by atoms with E-state index in [4.69, 9.17) is 4.74 Å². The van der Waals surface area contributed by atoms with Gasteiger partial charge in [0.1, 0.15) is 11.5 Å². The Kier molecular flexibility index (Phi) is 7.00. The first kappa shape index (κ1) is 37.6. The van der Waals surface area contributed by atoms with Crippen molar-refractivity contribution in [3.8, 4) is 45.1 Å². The molecule has 9 aromatic carbocycles. The lowest BCUT2D eigenvalue weighted by Crippen LogP contribution is -2.58. The average molecular weight is 859 g/mol. The summed E-state index contributed by atoms with van der Waals surface area (Å²) in [5, 5.41) is 5.06. The number of aromatic nitrogens is 2. The minimum Gasteiger partial charge on any atom is -0.458 e. The van der Waals surface area contributed by atoms with Crippen LogP contribution in [0.15, 0.2) is 176 Å². The number of hydrogen-bond acceptors (Lipinski definition) is 1. The van der Waals surface area contributed by atoms with Gasteiger partial charge in [0.25, 0.3) is 6.71 Å². The van der Waals surface area contributed by atoms with E-state index in [9.17, 15) is 0 Å². The number of ether oxygens (including phenoxy) is 1. The molecule has 15 rings (SSSR count). The maximum Gasteiger partial charge on any atom is 0.256 e. The maximum atomic E-state index is 7.43. The van der Waals surface area contributed by atoms with Crippen molar-refractivity contribution < 1.29 is 4.74 Å². The van der Waals surface area contributed by atoms with Crippen LogP contribution in [-0.2, 0) is 16.2 Å². The maximum absolute atomic E-state index is 7.43. The molecule has 0 amide bonds. The molecule has 4 heterocycles. The van der Waals surface area contributed by atoms with Gasteiger partial charge in [-0.2, -0.15) is 0 Å². The van der Waals surface area contributed by atoms with Gasteiger partial charge in [-0.25, -0.2) is 0 Å². The van der Waals surface area contributed by atoms with Gasteiger partial charge in [-0.05, 0) is 120 Å². The predicted octanol–water partition coefficient (Wildman–Crippen LogP) is 13.8. The number of rotatable bonds is 1. The monoisotopic (exact) mass is 858 g/mol. The van der Waals surface area contributed by atoms with Crippen LogP contribution in [0, 0.1) is 0 Å². The predicted molar refractivity (Wildman–Crippen MR) is 280 cm³/mol. The van der Waals surface area contributed by atoms with Gasteiger partial charge in [-0.3, -0.25) is 0 Å². The van der Waals surface area contributed by atoms with E-state index in [-0.39, 0.29) is 17.5 Å². The molecular weight excluding hydrogens is 812 g/mol. The molecule has 0 unspecified atom stereocenters. The van der Waals surface area contributed by atoms with Crippen LogP contribution in [0.4, 0.5) is 0 Å². The van der Waals surface area contributed by atoms with E-state index in [1.54, 1.807) is 0 Å². The van der Waals surface area contributed by atoms with Crippen molar-refractivity contribution in [2.24, 2.45) is 0 Å². The van der Waals surface area contributed by atoms with Crippen LogP contribution in [0.2, 0.25) is 0 Å². The van der Waals surface area contributed by atoms with Crippen LogP contribution in [0.1, 0.15) is 74.9 Å². The van der Waals surface area contributed by atoms with E-state index in [0.29, 0.717) is 0 Å². The Morgan fingerprint density at radius 1 is 0.448 bits per heavy atom. The van der Waals surface area contributed by atoms with Crippen molar-refractivity contribution in [3.63, 3.8) is 0 Å². The molecule has 4 aliphatic rings. The van der Waals surface area contributed by atoms with E-state index in [1.165, 1.54) is 127 Å². The summed E-state index contributed by atoms with van der Waals surface area (Å²) >= 11 is 0. The molecule has 0 saturated carbocycles. The van der Waals surface area contributed by atoms with Crippen molar-refractivity contribution in [1.29, 1.82) is 0 Å². The fourth-order valence-electron chi connectivity index (χ4n) is 13.1. The van der Waals surface area contributed by atoms with Gasteiger partial charge in [-0.15, -0.1) is 0 Å². The van der Waals surface area contributed by atoms with Crippen LogP contribution in [0.3, 0.4) is 0 Å². The number of nitrogens with zero attached hydrogens (tertiary/aromatic N) is 2. The molecule has 1 spiro atoms. The first-order valence-corrected chi connectivity index (χ1v) is 24.0. The summed E-state index contributed by atoms with van der Waals surface area (Å²) in [5.74, 6) is 1.92. The average Bonchev–Trinajstić information content (AvgIpc) is 4.04. The third-order valence-electron chi connectivity index (χ3n) is 16.1. The first-order chi connectivity index (χ1) is 32.5. The molecule has 0 saturated heterocycles. The summed E-state index contributed by atoms with van der Waals surface area (Å²) in [7, 11) is 0. The molecule has 0 bridgehead atoms. The molecule has 2 aliphatic carbocycles. The molecule has 11 aromatic rings. The van der Waals surface area contributed by atoms with Gasteiger partial charge in [0.05, 0.1) is 22.0 Å². The molecule has 3 nitrogen and oxygen atoms in total. The van der Waals surface area contributed by atoms with Gasteiger partial charge in [0, 0.05) is 44.0 Å². The van der Waals surface area contributed by atoms with Crippen LogP contribution < -0.4 is 21.1 Å². The third-order valence-corrected chi connectivity index (χ3v) is 16.1. The highest BCUT2D eigenvalue weighted by Crippen LogP contribution is 2.64. The minimum atomic E-state index is -0.437. The normalized spacial score (nSPS) is 14.6. The lowest BCUT2D eigenvalue weighted by atomic mass is 9.34. The zero-order valence-corrected chi connectivity index (χ0v) is 38.6. The number of para-hydroxylation sites is 2. The quantitative estimate of drug-likeness (QED) is 0.151. The topological polar surface area (TPSA) is 19.1 Å². The van der Waals surface area contributed by atoms with Gasteiger partial charge < -0.3 is 13.9 Å². The van der Waals surface area contributed by atoms with Crippen LogP contribution in [0.25, 0.3) is 77.2 Å². The van der Waals surface area contributed by atoms with Gasteiger partial charge in [0.15, 0.2) is 0 Å². The minimum absolute atomic E-state index is 0.00579. The molecule has 0 atom stereocenters. The highest BCUT2D eigenvalue weighted by atomic mass is 16.5. The van der Waals surface area contributed by atoms with Crippen molar-refractivity contribution in [3.05, 3.63) is 209 Å². The van der Waals surface area contributed by atoms with Gasteiger partial charge in [-0.1, -0.05) is 175 Å². The largest absolute Gasteiger partial charge is 0.458 e. The number of benzene rings is 9. The molecule has 0 radical (unpaired) electrons. The van der Waals surface area contributed by atoms with E-state index < -0.39 is 5.41 Å². The Hall–Kier alpha value is -7.56. The van der Waals surface area contributed by atoms with Crippen LogP contribution >= 0.6 is 0 Å². The number of hydrogen-bond donors (Lipinski definition) is 0. The third kappa shape index (κ3) is 4.59. The van der Waals surface area contributed by atoms with E-state index in [2.05, 4.69) is 227 Å². The lowest BCUT2D eigenvalue weighted by molar-refractivity contribution is 0.488. The second-order valence-electron chi connectivity index (χ2n) is 21.6. The fourth-order valence-corrected chi connectivity index (χ4v) is 13.1. The van der Waals surface area contributed by atoms with Crippen molar-refractivity contribution >= 4 is 66.7 Å². The summed E-state index contributed by atoms with van der Waals surface area (Å²) in [6, 6.07) is 67.0. The Labute approximate surface area is 391 Å². The second kappa shape index (κ2) is 12.5. The standard InChI is InChI=1S/C63H47BN2O/c1-61(2,3)36-31-37(62(4,5)6)33-38(32-36)65-52-26-14-10-19-41(52)44-34-55-45(35-54(44)65)42-21-15-25-50-59(42)66(55)53-27-16-28-56-58(53)64(50)51-30-29-49-57(60(51)67-56)43-20-9-13-24-48(43)63(49)46-22-11-7-17-39(46)40-18-8-12-23-47(40)63/h7-35H,1-6H3. The molecule has 0 N–H and O–H groups in total. The Balaban J connectivity index is 1.00. The number of fused-ring (bicyclic) bond motifs is 21. The SMILES string of the molecule is CC(C)(C)c1cc(-n2c3ccccc3c3cc4c(cc32)c2cccc3c2n4-c2cccc4c2B3c2ccc3c(c2O4)-c2ccccc2C32c3ccccc3-c3ccccc32)cc(C(C)(C)C)c1. The fraction of sp³-hybridized carbons (Fsp3) is 0.143. The van der Waals surface area contributed by atoms with Crippen molar-refractivity contribution in [2.75, 3.05) is 0 Å². The van der Waals surface area contributed by atoms with Crippen LogP contribution in [-0.4, -0.2) is 15.8 Å². The highest BCUT2D eigenvalue weighted by Gasteiger charge is 2.54. The van der Waals surface area contributed by atoms with Crippen LogP contribution in [0.5, 0.6) is 11.5 Å². The molecule has 0 fully saturated rings. The highest BCUT2D eigenvalue weighted by molar-refractivity contribution is 6.99. The Morgan fingerprint density at radius 2 is 1.03 bits per heavy atom. The Morgan fingerprint density at radius 3 is 1.73 bits per heavy atom. The van der Waals surface area contributed by atoms with Crippen molar-refractivity contribution in [2.45, 2.75) is 57.8 Å². The zero-order chi connectivity index (χ0) is 44.9. The summed E-state index contributed by atoms with van der Waals surface area (Å²) in [6.07, 6.45) is 0. The zero-order valence-electron chi connectivity index (χ0n) is 38.6. The first-order valence-electron chi connectivity index (χ1n) is 24.0. The molecule has 67 heavy (non-hydrogen) atoms. The molecule has 2 aromatic heterocycles. The van der Waals surface area contributed by atoms with E-state index in [0.717, 1.165) is 11.5 Å². The van der Waals surface area contributed by atoms with Gasteiger partial charge in [0.2, 0.25) is 0 Å². The molecule has 318 valence electrons. The van der Waals surface area contributed by atoms with E-state index in [1.807, 2.05) is 0 Å². The van der Waals surface area contributed by atoms with Crippen molar-refractivity contribution in [1.82, 2.24) is 9.13 Å². The van der Waals surface area contributed by atoms with E-state index >= 15 is 0 Å². The second-order valence-corrected chi connectivity index (χ2v) is 21.6. The smallest absolute Gasteiger partial charge is 0.256 e. The van der Waals surface area contributed by atoms with Gasteiger partial charge >= 0.3 is 0 Å². The summed E-state index contributed by atoms with van der Waals surface area (Å²) in [6.45, 7) is 14.0. The summed E-state index contributed by atoms with van der Waals surface area (Å²) in [4.78, 5) is 0. The molecule has 4 heteroatoms. The summed E-state index contributed by atoms with van der Waals surface area (Å²) < 4.78 is 12.5.